The average molecular weight is 384 g/mol. The number of nitrogens with one attached hydrogen (secondary N) is 1. The molecule has 1 N–H and O–H groups in total. The summed E-state index contributed by atoms with van der Waals surface area (Å²) in [5.41, 5.74) is 2.89. The predicted octanol–water partition coefficient (Wildman–Crippen LogP) is 3.00. The Morgan fingerprint density at radius 2 is 1.96 bits per heavy atom. The molecule has 1 aliphatic heterocycles. The van der Waals surface area contributed by atoms with Crippen LogP contribution in [0.3, 0.4) is 0 Å². The number of carbonyl (C=O) groups is 1. The molecule has 2 aromatic carbocycles. The van der Waals surface area contributed by atoms with Gasteiger partial charge in [0.2, 0.25) is 5.91 Å². The Morgan fingerprint density at radius 1 is 1.21 bits per heavy atom. The first-order valence-corrected chi connectivity index (χ1v) is 9.32. The van der Waals surface area contributed by atoms with E-state index in [1.165, 1.54) is 30.9 Å². The van der Waals surface area contributed by atoms with Gasteiger partial charge in [0, 0.05) is 32.3 Å². The van der Waals surface area contributed by atoms with Gasteiger partial charge in [-0.25, -0.2) is 4.39 Å². The number of morpholine rings is 1. The van der Waals surface area contributed by atoms with Gasteiger partial charge in [-0.2, -0.15) is 0 Å². The van der Waals surface area contributed by atoms with Gasteiger partial charge in [0.15, 0.2) is 11.6 Å². The van der Waals surface area contributed by atoms with E-state index < -0.39 is 5.82 Å². The largest absolute Gasteiger partial charge is 0.494 e. The van der Waals surface area contributed by atoms with Gasteiger partial charge in [-0.3, -0.25) is 9.69 Å². The van der Waals surface area contributed by atoms with Gasteiger partial charge in [-0.1, -0.05) is 30.3 Å². The summed E-state index contributed by atoms with van der Waals surface area (Å²) >= 11 is 0. The standard InChI is InChI=1S/C22H25FN2O3/c1-27-21-8-6-17(14-20(21)23)7-9-22(26)24-15-18-4-2-3-5-19(18)16-25-10-12-28-13-11-25/h2-9,14H,10-13,15-16H2,1H3,(H,24,26)/b9-7+. The van der Waals surface area contributed by atoms with E-state index in [-0.39, 0.29) is 11.7 Å². The first-order valence-electron chi connectivity index (χ1n) is 9.32. The van der Waals surface area contributed by atoms with Gasteiger partial charge in [0.05, 0.1) is 20.3 Å². The highest BCUT2D eigenvalue weighted by Gasteiger charge is 2.12. The van der Waals surface area contributed by atoms with E-state index in [1.54, 1.807) is 12.1 Å². The third-order valence-electron chi connectivity index (χ3n) is 4.67. The summed E-state index contributed by atoms with van der Waals surface area (Å²) in [7, 11) is 1.41. The van der Waals surface area contributed by atoms with Crippen molar-refractivity contribution in [2.75, 3.05) is 33.4 Å². The normalized spacial score (nSPS) is 14.9. The van der Waals surface area contributed by atoms with Crippen molar-refractivity contribution in [1.29, 1.82) is 0 Å². The van der Waals surface area contributed by atoms with Crippen LogP contribution in [0.5, 0.6) is 5.75 Å². The monoisotopic (exact) mass is 384 g/mol. The number of methoxy groups -OCH3 is 1. The zero-order chi connectivity index (χ0) is 19.8. The molecule has 28 heavy (non-hydrogen) atoms. The SMILES string of the molecule is COc1ccc(/C=C/C(=O)NCc2ccccc2CN2CCOCC2)cc1F. The highest BCUT2D eigenvalue weighted by Crippen LogP contribution is 2.18. The maximum Gasteiger partial charge on any atom is 0.244 e. The van der Waals surface area contributed by atoms with Crippen LogP contribution >= 0.6 is 0 Å². The van der Waals surface area contributed by atoms with Crippen molar-refractivity contribution in [2.24, 2.45) is 0 Å². The summed E-state index contributed by atoms with van der Waals surface area (Å²) in [6.45, 7) is 4.64. The molecule has 1 fully saturated rings. The maximum absolute atomic E-state index is 13.7. The molecule has 148 valence electrons. The van der Waals surface area contributed by atoms with Gasteiger partial charge >= 0.3 is 0 Å². The van der Waals surface area contributed by atoms with Gasteiger partial charge in [0.1, 0.15) is 0 Å². The molecule has 1 heterocycles. The van der Waals surface area contributed by atoms with Crippen LogP contribution in [-0.4, -0.2) is 44.2 Å². The highest BCUT2D eigenvalue weighted by atomic mass is 19.1. The summed E-state index contributed by atoms with van der Waals surface area (Å²) in [4.78, 5) is 14.5. The van der Waals surface area contributed by atoms with Crippen LogP contribution in [0.4, 0.5) is 4.39 Å². The van der Waals surface area contributed by atoms with E-state index in [1.807, 2.05) is 18.2 Å². The summed E-state index contributed by atoms with van der Waals surface area (Å²) in [6, 6.07) is 12.7. The third kappa shape index (κ3) is 5.65. The van der Waals surface area contributed by atoms with E-state index in [0.29, 0.717) is 12.1 Å². The fourth-order valence-corrected chi connectivity index (χ4v) is 3.08. The number of ether oxygens (including phenoxy) is 2. The molecule has 5 nitrogen and oxygen atoms in total. The summed E-state index contributed by atoms with van der Waals surface area (Å²) in [5, 5.41) is 2.90. The number of hydrogen-bond donors (Lipinski definition) is 1. The summed E-state index contributed by atoms with van der Waals surface area (Å²) in [5.74, 6) is -0.502. The van der Waals surface area contributed by atoms with Crippen LogP contribution in [0.1, 0.15) is 16.7 Å². The smallest absolute Gasteiger partial charge is 0.244 e. The molecule has 0 radical (unpaired) electrons. The highest BCUT2D eigenvalue weighted by molar-refractivity contribution is 5.91. The van der Waals surface area contributed by atoms with E-state index in [4.69, 9.17) is 9.47 Å². The first kappa shape index (κ1) is 20.0. The molecule has 1 saturated heterocycles. The molecule has 0 spiro atoms. The Morgan fingerprint density at radius 3 is 2.68 bits per heavy atom. The Kier molecular flexibility index (Phi) is 7.17. The van der Waals surface area contributed by atoms with Crippen molar-refractivity contribution in [1.82, 2.24) is 10.2 Å². The molecule has 0 aliphatic carbocycles. The van der Waals surface area contributed by atoms with Gasteiger partial charge in [-0.15, -0.1) is 0 Å². The van der Waals surface area contributed by atoms with Gasteiger partial charge in [-0.05, 0) is 34.9 Å². The molecule has 2 aromatic rings. The van der Waals surface area contributed by atoms with Crippen LogP contribution in [0.25, 0.3) is 6.08 Å². The number of nitrogens with zero attached hydrogens (tertiary/aromatic N) is 1. The van der Waals surface area contributed by atoms with Crippen LogP contribution < -0.4 is 10.1 Å². The summed E-state index contributed by atoms with van der Waals surface area (Å²) in [6.07, 6.45) is 2.99. The number of hydrogen-bond acceptors (Lipinski definition) is 4. The van der Waals surface area contributed by atoms with Crippen molar-refractivity contribution >= 4 is 12.0 Å². The molecule has 0 atom stereocenters. The molecule has 6 heteroatoms. The second-order valence-electron chi connectivity index (χ2n) is 6.60. The fourth-order valence-electron chi connectivity index (χ4n) is 3.08. The number of amides is 1. The van der Waals surface area contributed by atoms with Gasteiger partial charge in [0.25, 0.3) is 0 Å². The van der Waals surface area contributed by atoms with Crippen molar-refractivity contribution in [2.45, 2.75) is 13.1 Å². The lowest BCUT2D eigenvalue weighted by Gasteiger charge is -2.27. The first-order chi connectivity index (χ1) is 13.7. The van der Waals surface area contributed by atoms with E-state index >= 15 is 0 Å². The van der Waals surface area contributed by atoms with Crippen molar-refractivity contribution in [3.8, 4) is 5.75 Å². The number of benzene rings is 2. The van der Waals surface area contributed by atoms with Crippen LogP contribution in [-0.2, 0) is 22.6 Å². The number of halogens is 1. The van der Waals surface area contributed by atoms with E-state index in [9.17, 15) is 9.18 Å². The molecule has 1 amide bonds. The Labute approximate surface area is 164 Å². The van der Waals surface area contributed by atoms with Crippen molar-refractivity contribution in [3.63, 3.8) is 0 Å². The number of carbonyl (C=O) groups excluding carboxylic acids is 1. The molecule has 3 rings (SSSR count). The lowest BCUT2D eigenvalue weighted by atomic mass is 10.1. The summed E-state index contributed by atoms with van der Waals surface area (Å²) < 4.78 is 24.0. The maximum atomic E-state index is 13.7. The van der Waals surface area contributed by atoms with Gasteiger partial charge < -0.3 is 14.8 Å². The molecule has 0 bridgehead atoms. The molecule has 0 aromatic heterocycles. The van der Waals surface area contributed by atoms with Crippen LogP contribution in [0, 0.1) is 5.82 Å². The fraction of sp³-hybridized carbons (Fsp3) is 0.318. The minimum atomic E-state index is -0.456. The Hall–Kier alpha value is -2.70. The van der Waals surface area contributed by atoms with Crippen LogP contribution in [0.2, 0.25) is 0 Å². The second-order valence-corrected chi connectivity index (χ2v) is 6.60. The zero-order valence-corrected chi connectivity index (χ0v) is 16.0. The quantitative estimate of drug-likeness (QED) is 0.746. The lowest BCUT2D eigenvalue weighted by Crippen LogP contribution is -2.36. The molecular formula is C22H25FN2O3. The molecule has 0 saturated carbocycles. The topological polar surface area (TPSA) is 50.8 Å². The second kappa shape index (κ2) is 10.0. The van der Waals surface area contributed by atoms with Crippen LogP contribution in [0.15, 0.2) is 48.5 Å². The third-order valence-corrected chi connectivity index (χ3v) is 4.67. The minimum Gasteiger partial charge on any atom is -0.494 e. The number of rotatable bonds is 7. The minimum absolute atomic E-state index is 0.179. The van der Waals surface area contributed by atoms with E-state index in [0.717, 1.165) is 38.4 Å². The zero-order valence-electron chi connectivity index (χ0n) is 16.0. The molecule has 1 aliphatic rings. The van der Waals surface area contributed by atoms with Crippen molar-refractivity contribution < 1.29 is 18.7 Å². The Bertz CT molecular complexity index is 832. The predicted molar refractivity (Wildman–Crippen MR) is 106 cm³/mol. The van der Waals surface area contributed by atoms with Crippen molar-refractivity contribution in [3.05, 3.63) is 71.0 Å². The molecular weight excluding hydrogens is 359 g/mol. The lowest BCUT2D eigenvalue weighted by molar-refractivity contribution is -0.116. The molecule has 0 unspecified atom stereocenters. The Balaban J connectivity index is 1.56. The average Bonchev–Trinajstić information content (AvgIpc) is 2.72. The van der Waals surface area contributed by atoms with E-state index in [2.05, 4.69) is 16.3 Å².